The van der Waals surface area contributed by atoms with Crippen LogP contribution >= 0.6 is 0 Å². The first-order chi connectivity index (χ1) is 17.3. The van der Waals surface area contributed by atoms with Gasteiger partial charge in [0, 0.05) is 64.2 Å². The lowest BCUT2D eigenvalue weighted by Gasteiger charge is -2.37. The van der Waals surface area contributed by atoms with E-state index in [1.54, 1.807) is 15.8 Å². The number of halogens is 2. The maximum absolute atomic E-state index is 13.5. The Bertz CT molecular complexity index is 1180. The zero-order valence-corrected chi connectivity index (χ0v) is 22.1. The lowest BCUT2D eigenvalue weighted by Crippen LogP contribution is -2.55. The summed E-state index contributed by atoms with van der Waals surface area (Å²) in [6.07, 6.45) is 4.72. The summed E-state index contributed by atoms with van der Waals surface area (Å²) < 4.78 is 36.6. The fraction of sp³-hybridized carbons (Fsp3) is 0.583. The minimum atomic E-state index is -2.45. The summed E-state index contributed by atoms with van der Waals surface area (Å²) in [5.41, 5.74) is 2.29. The fourth-order valence-electron chi connectivity index (χ4n) is 4.40. The van der Waals surface area contributed by atoms with Crippen molar-refractivity contribution < 1.29 is 13.5 Å². The normalized spacial score (nSPS) is 18.1. The smallest absolute Gasteiger partial charge is 0.255 e. The van der Waals surface area contributed by atoms with E-state index in [9.17, 15) is 14.0 Å². The highest BCUT2D eigenvalue weighted by Crippen LogP contribution is 2.27. The van der Waals surface area contributed by atoms with Crippen molar-refractivity contribution in [2.24, 2.45) is 0 Å². The predicted octanol–water partition coefficient (Wildman–Crippen LogP) is 3.60. The molecule has 1 N–H and O–H groups in total. The number of fused-ring (bicyclic) bond motifs is 1. The molecule has 0 saturated carbocycles. The Hall–Kier alpha value is -2.72. The van der Waals surface area contributed by atoms with Gasteiger partial charge in [-0.25, -0.2) is 18.7 Å². The van der Waals surface area contributed by atoms with Crippen LogP contribution in [0.25, 0.3) is 22.3 Å². The molecular formula is C24H34F2N8OSi. The van der Waals surface area contributed by atoms with Gasteiger partial charge in [-0.2, -0.15) is 10.4 Å². The fourth-order valence-corrected chi connectivity index (χ4v) is 5.16. The monoisotopic (exact) mass is 516 g/mol. The highest BCUT2D eigenvalue weighted by atomic mass is 28.3. The molecule has 0 radical (unpaired) electrons. The summed E-state index contributed by atoms with van der Waals surface area (Å²) in [4.78, 5) is 10.7. The summed E-state index contributed by atoms with van der Waals surface area (Å²) in [6, 6.07) is 4.03. The van der Waals surface area contributed by atoms with Crippen LogP contribution in [0.4, 0.5) is 8.78 Å². The Morgan fingerprint density at radius 3 is 2.89 bits per heavy atom. The number of piperazine rings is 1. The molecule has 36 heavy (non-hydrogen) atoms. The van der Waals surface area contributed by atoms with Crippen molar-refractivity contribution in [2.45, 2.75) is 57.3 Å². The van der Waals surface area contributed by atoms with E-state index in [2.05, 4.69) is 46.1 Å². The molecular weight excluding hydrogens is 482 g/mol. The quantitative estimate of drug-likeness (QED) is 0.307. The molecule has 0 amide bonds. The first-order valence-corrected chi connectivity index (χ1v) is 16.0. The van der Waals surface area contributed by atoms with E-state index >= 15 is 0 Å². The van der Waals surface area contributed by atoms with Crippen molar-refractivity contribution in [3.8, 4) is 17.3 Å². The second-order valence-corrected chi connectivity index (χ2v) is 16.0. The van der Waals surface area contributed by atoms with Gasteiger partial charge in [-0.3, -0.25) is 9.58 Å². The summed E-state index contributed by atoms with van der Waals surface area (Å²) in [6.45, 7) is 9.82. The van der Waals surface area contributed by atoms with E-state index in [4.69, 9.17) is 4.74 Å². The predicted molar refractivity (Wildman–Crippen MR) is 136 cm³/mol. The maximum Gasteiger partial charge on any atom is 0.255 e. The molecule has 194 valence electrons. The molecule has 1 aliphatic heterocycles. The summed E-state index contributed by atoms with van der Waals surface area (Å²) in [7, 11) is -1.16. The molecule has 12 heteroatoms. The molecule has 1 fully saturated rings. The van der Waals surface area contributed by atoms with Crippen LogP contribution < -0.4 is 5.32 Å². The van der Waals surface area contributed by atoms with Gasteiger partial charge in [0.05, 0.1) is 36.5 Å². The molecule has 4 heterocycles. The van der Waals surface area contributed by atoms with E-state index in [0.29, 0.717) is 26.4 Å². The van der Waals surface area contributed by atoms with Gasteiger partial charge < -0.3 is 14.6 Å². The number of nitrogens with one attached hydrogen (secondary N) is 1. The zero-order valence-electron chi connectivity index (χ0n) is 21.1. The Balaban J connectivity index is 1.51. The molecule has 1 aliphatic rings. The van der Waals surface area contributed by atoms with Gasteiger partial charge in [0.2, 0.25) is 0 Å². The Morgan fingerprint density at radius 2 is 2.14 bits per heavy atom. The number of nitriles is 1. The highest BCUT2D eigenvalue weighted by molar-refractivity contribution is 6.76. The van der Waals surface area contributed by atoms with Crippen molar-refractivity contribution in [3.63, 3.8) is 0 Å². The average molecular weight is 517 g/mol. The van der Waals surface area contributed by atoms with E-state index in [-0.39, 0.29) is 19.0 Å². The second kappa shape index (κ2) is 11.6. The number of hydrogen-bond donors (Lipinski definition) is 1. The molecule has 1 saturated heterocycles. The Kier molecular flexibility index (Phi) is 8.45. The van der Waals surface area contributed by atoms with E-state index < -0.39 is 20.5 Å². The molecule has 3 aromatic rings. The molecule has 0 aromatic carbocycles. The maximum atomic E-state index is 13.5. The van der Waals surface area contributed by atoms with Crippen LogP contribution in [0.3, 0.4) is 0 Å². The molecule has 2 atom stereocenters. The summed E-state index contributed by atoms with van der Waals surface area (Å²) >= 11 is 0. The van der Waals surface area contributed by atoms with E-state index in [0.717, 1.165) is 34.9 Å². The van der Waals surface area contributed by atoms with Crippen LogP contribution in [-0.4, -0.2) is 82.5 Å². The largest absolute Gasteiger partial charge is 0.361 e. The van der Waals surface area contributed by atoms with Crippen LogP contribution in [0.1, 0.15) is 12.5 Å². The molecule has 3 aromatic heterocycles. The summed E-state index contributed by atoms with van der Waals surface area (Å²) in [5, 5.41) is 17.8. The topological polar surface area (TPSA) is 96.8 Å². The molecule has 4 rings (SSSR count). The number of alkyl halides is 2. The van der Waals surface area contributed by atoms with Gasteiger partial charge >= 0.3 is 0 Å². The van der Waals surface area contributed by atoms with Crippen molar-refractivity contribution in [3.05, 3.63) is 31.0 Å². The number of ether oxygens (including phenoxy) is 1. The van der Waals surface area contributed by atoms with Gasteiger partial charge in [-0.05, 0) is 12.1 Å². The third-order valence-electron chi connectivity index (χ3n) is 6.49. The van der Waals surface area contributed by atoms with Crippen LogP contribution in [0.2, 0.25) is 25.7 Å². The van der Waals surface area contributed by atoms with Crippen LogP contribution in [0.5, 0.6) is 0 Å². The van der Waals surface area contributed by atoms with E-state index in [1.165, 1.54) is 6.33 Å². The van der Waals surface area contributed by atoms with Gasteiger partial charge in [-0.1, -0.05) is 19.6 Å². The van der Waals surface area contributed by atoms with Crippen molar-refractivity contribution in [2.75, 3.05) is 32.8 Å². The highest BCUT2D eigenvalue weighted by Gasteiger charge is 2.32. The number of rotatable bonds is 11. The average Bonchev–Trinajstić information content (AvgIpc) is 3.49. The molecule has 0 bridgehead atoms. The van der Waals surface area contributed by atoms with Gasteiger partial charge in [0.15, 0.2) is 0 Å². The van der Waals surface area contributed by atoms with Crippen LogP contribution in [0.15, 0.2) is 31.0 Å². The standard InChI is InChI=1S/C24H34F2N8OSi/c1-36(2,3)11-10-35-17-33-8-5-20-22(29-16-30-24(20)33)18-12-31-34(14-18)19(4-6-27)15-32-9-7-28-13-21(32)23(25)26/h5,8,12,14,16,19,21,23,28H,4,7,9-11,13,15,17H2,1-3H3. The van der Waals surface area contributed by atoms with Crippen molar-refractivity contribution >= 4 is 19.1 Å². The SMILES string of the molecule is C[Si](C)(C)CCOCn1ccc2c(-c3cnn(C(CC#N)CN4CCNCC4C(F)F)c3)ncnc21. The van der Waals surface area contributed by atoms with Gasteiger partial charge in [0.25, 0.3) is 6.43 Å². The lowest BCUT2D eigenvalue weighted by molar-refractivity contribution is 0.00552. The molecule has 0 aliphatic carbocycles. The third-order valence-corrected chi connectivity index (χ3v) is 8.20. The van der Waals surface area contributed by atoms with Crippen LogP contribution in [-0.2, 0) is 11.5 Å². The molecule has 0 spiro atoms. The zero-order chi connectivity index (χ0) is 25.7. The number of nitrogens with zero attached hydrogens (tertiary/aromatic N) is 7. The summed E-state index contributed by atoms with van der Waals surface area (Å²) in [5.74, 6) is 0. The van der Waals surface area contributed by atoms with Crippen molar-refractivity contribution in [1.82, 2.24) is 34.5 Å². The Labute approximate surface area is 211 Å². The second-order valence-electron chi connectivity index (χ2n) is 10.4. The molecule has 9 nitrogen and oxygen atoms in total. The van der Waals surface area contributed by atoms with Gasteiger partial charge in [0.1, 0.15) is 18.7 Å². The Morgan fingerprint density at radius 1 is 1.31 bits per heavy atom. The molecule has 2 unspecified atom stereocenters. The third kappa shape index (κ3) is 6.33. The van der Waals surface area contributed by atoms with Gasteiger partial charge in [-0.15, -0.1) is 0 Å². The first-order valence-electron chi connectivity index (χ1n) is 12.3. The lowest BCUT2D eigenvalue weighted by atomic mass is 10.1. The number of hydrogen-bond acceptors (Lipinski definition) is 7. The first kappa shape index (κ1) is 26.3. The minimum absolute atomic E-state index is 0.172. The van der Waals surface area contributed by atoms with E-state index in [1.807, 2.05) is 23.0 Å². The minimum Gasteiger partial charge on any atom is -0.361 e. The van der Waals surface area contributed by atoms with Crippen LogP contribution in [0, 0.1) is 11.3 Å². The van der Waals surface area contributed by atoms with Crippen molar-refractivity contribution in [1.29, 1.82) is 5.26 Å². The number of aromatic nitrogens is 5.